The Labute approximate surface area is 188 Å². The molecule has 0 saturated carbocycles. The van der Waals surface area contributed by atoms with Gasteiger partial charge in [0.15, 0.2) is 5.13 Å². The van der Waals surface area contributed by atoms with Crippen molar-refractivity contribution in [1.29, 1.82) is 0 Å². The molecular weight excluding hydrogens is 460 g/mol. The highest BCUT2D eigenvalue weighted by molar-refractivity contribution is 7.89. The summed E-state index contributed by atoms with van der Waals surface area (Å²) in [6.45, 7) is 1.13. The summed E-state index contributed by atoms with van der Waals surface area (Å²) in [6.07, 6.45) is 0. The van der Waals surface area contributed by atoms with Gasteiger partial charge in [-0.2, -0.15) is 13.1 Å². The molecule has 1 amide bonds. The van der Waals surface area contributed by atoms with Gasteiger partial charge in [-0.05, 0) is 30.3 Å². The van der Waals surface area contributed by atoms with Crippen LogP contribution in [-0.2, 0) is 10.0 Å². The van der Waals surface area contributed by atoms with E-state index >= 15 is 0 Å². The summed E-state index contributed by atoms with van der Waals surface area (Å²) >= 11 is 1.10. The Morgan fingerprint density at radius 3 is 2.56 bits per heavy atom. The van der Waals surface area contributed by atoms with Gasteiger partial charge in [0.2, 0.25) is 10.0 Å². The van der Waals surface area contributed by atoms with E-state index in [-0.39, 0.29) is 21.3 Å². The third kappa shape index (κ3) is 5.29. The van der Waals surface area contributed by atoms with Gasteiger partial charge >= 0.3 is 6.61 Å². The van der Waals surface area contributed by atoms with E-state index in [1.165, 1.54) is 34.6 Å². The van der Waals surface area contributed by atoms with Crippen molar-refractivity contribution in [3.05, 3.63) is 59.5 Å². The van der Waals surface area contributed by atoms with Gasteiger partial charge in [0.05, 0.1) is 10.6 Å². The lowest BCUT2D eigenvalue weighted by molar-refractivity contribution is -0.0494. The summed E-state index contributed by atoms with van der Waals surface area (Å²) in [7, 11) is -3.71. The molecular formula is C21H21F2N3O4S2. The topological polar surface area (TPSA) is 88.6 Å². The summed E-state index contributed by atoms with van der Waals surface area (Å²) in [5.41, 5.74) is 0.868. The van der Waals surface area contributed by atoms with E-state index in [0.717, 1.165) is 11.3 Å². The largest absolute Gasteiger partial charge is 0.434 e. The standard InChI is InChI=1S/C21H21F2N3O4S2/c1-3-26(4-2)32(28,29)15-9-7-8-14(12-15)19(27)25-21-24-17(13-31-21)16-10-5-6-11-18(16)30-20(22)23/h5-13,20H,3-4H2,1-2H3,(H,24,25,27). The lowest BCUT2D eigenvalue weighted by Crippen LogP contribution is -2.30. The number of para-hydroxylation sites is 1. The molecule has 1 N–H and O–H groups in total. The Hall–Kier alpha value is -2.89. The number of nitrogens with zero attached hydrogens (tertiary/aromatic N) is 2. The smallest absolute Gasteiger partial charge is 0.387 e. The number of hydrogen-bond donors (Lipinski definition) is 1. The molecule has 0 radical (unpaired) electrons. The molecule has 1 aromatic heterocycles. The van der Waals surface area contributed by atoms with Crippen LogP contribution in [0.1, 0.15) is 24.2 Å². The van der Waals surface area contributed by atoms with Gasteiger partial charge < -0.3 is 4.74 Å². The molecule has 3 aromatic rings. The number of carbonyl (C=O) groups excluding carboxylic acids is 1. The zero-order valence-electron chi connectivity index (χ0n) is 17.3. The number of halogens is 2. The Morgan fingerprint density at radius 2 is 1.88 bits per heavy atom. The normalized spacial score (nSPS) is 11.7. The number of nitrogens with one attached hydrogen (secondary N) is 1. The van der Waals surface area contributed by atoms with Gasteiger partial charge in [-0.15, -0.1) is 11.3 Å². The second-order valence-electron chi connectivity index (χ2n) is 6.48. The minimum absolute atomic E-state index is 0.0201. The molecule has 170 valence electrons. The van der Waals surface area contributed by atoms with E-state index < -0.39 is 22.5 Å². The molecule has 0 spiro atoms. The number of hydrogen-bond acceptors (Lipinski definition) is 6. The fourth-order valence-corrected chi connectivity index (χ4v) is 5.22. The molecule has 11 heteroatoms. The maximum absolute atomic E-state index is 12.7. The third-order valence-electron chi connectivity index (χ3n) is 4.54. The van der Waals surface area contributed by atoms with Crippen LogP contribution >= 0.6 is 11.3 Å². The number of sulfonamides is 1. The highest BCUT2D eigenvalue weighted by Crippen LogP contribution is 2.33. The number of amides is 1. The average Bonchev–Trinajstić information content (AvgIpc) is 3.22. The number of anilines is 1. The summed E-state index contributed by atoms with van der Waals surface area (Å²) < 4.78 is 56.6. The van der Waals surface area contributed by atoms with Crippen LogP contribution in [0.3, 0.4) is 0 Å². The SMILES string of the molecule is CCN(CC)S(=O)(=O)c1cccc(C(=O)Nc2nc(-c3ccccc3OC(F)F)cs2)c1. The van der Waals surface area contributed by atoms with Crippen molar-refractivity contribution in [3.63, 3.8) is 0 Å². The molecule has 0 aliphatic rings. The van der Waals surface area contributed by atoms with Crippen LogP contribution in [0.2, 0.25) is 0 Å². The van der Waals surface area contributed by atoms with Gasteiger partial charge in [-0.3, -0.25) is 10.1 Å². The molecule has 0 bridgehead atoms. The van der Waals surface area contributed by atoms with Gasteiger partial charge in [0.1, 0.15) is 5.75 Å². The van der Waals surface area contributed by atoms with Gasteiger partial charge in [0, 0.05) is 29.6 Å². The molecule has 0 unspecified atom stereocenters. The fraction of sp³-hybridized carbons (Fsp3) is 0.238. The van der Waals surface area contributed by atoms with E-state index in [1.54, 1.807) is 37.4 Å². The van der Waals surface area contributed by atoms with Gasteiger partial charge in [-0.25, -0.2) is 13.4 Å². The molecule has 0 atom stereocenters. The second kappa shape index (κ2) is 10.2. The molecule has 2 aromatic carbocycles. The van der Waals surface area contributed by atoms with Crippen LogP contribution < -0.4 is 10.1 Å². The Kier molecular flexibility index (Phi) is 7.54. The maximum atomic E-state index is 12.7. The lowest BCUT2D eigenvalue weighted by Gasteiger charge is -2.18. The average molecular weight is 482 g/mol. The van der Waals surface area contributed by atoms with E-state index in [4.69, 9.17) is 0 Å². The van der Waals surface area contributed by atoms with E-state index in [2.05, 4.69) is 15.0 Å². The molecule has 0 aliphatic heterocycles. The molecule has 0 aliphatic carbocycles. The first-order chi connectivity index (χ1) is 15.3. The number of rotatable bonds is 9. The molecule has 0 fully saturated rings. The zero-order valence-corrected chi connectivity index (χ0v) is 18.9. The second-order valence-corrected chi connectivity index (χ2v) is 9.28. The predicted octanol–water partition coefficient (Wildman–Crippen LogP) is 4.69. The first kappa shape index (κ1) is 23.8. The van der Waals surface area contributed by atoms with Crippen LogP contribution in [0.4, 0.5) is 13.9 Å². The van der Waals surface area contributed by atoms with Crippen molar-refractivity contribution in [1.82, 2.24) is 9.29 Å². The quantitative estimate of drug-likeness (QED) is 0.479. The molecule has 3 rings (SSSR count). The summed E-state index contributed by atoms with van der Waals surface area (Å²) in [4.78, 5) is 17.0. The first-order valence-electron chi connectivity index (χ1n) is 9.67. The highest BCUT2D eigenvalue weighted by atomic mass is 32.2. The number of ether oxygens (including phenoxy) is 1. The lowest BCUT2D eigenvalue weighted by atomic mass is 10.1. The van der Waals surface area contributed by atoms with E-state index in [1.807, 2.05) is 0 Å². The highest BCUT2D eigenvalue weighted by Gasteiger charge is 2.23. The molecule has 7 nitrogen and oxygen atoms in total. The number of thiazole rings is 1. The van der Waals surface area contributed by atoms with Crippen molar-refractivity contribution in [2.45, 2.75) is 25.4 Å². The summed E-state index contributed by atoms with van der Waals surface area (Å²) in [5, 5.41) is 4.45. The van der Waals surface area contributed by atoms with Crippen LogP contribution in [0.15, 0.2) is 58.8 Å². The van der Waals surface area contributed by atoms with E-state index in [0.29, 0.717) is 24.3 Å². The molecule has 0 saturated heterocycles. The zero-order chi connectivity index (χ0) is 23.3. The van der Waals surface area contributed by atoms with E-state index in [9.17, 15) is 22.0 Å². The minimum Gasteiger partial charge on any atom is -0.434 e. The molecule has 32 heavy (non-hydrogen) atoms. The summed E-state index contributed by atoms with van der Waals surface area (Å²) in [6, 6.07) is 12.0. The van der Waals surface area contributed by atoms with Crippen LogP contribution in [0, 0.1) is 0 Å². The Balaban J connectivity index is 1.81. The molecule has 1 heterocycles. The van der Waals surface area contributed by atoms with Gasteiger partial charge in [-0.1, -0.05) is 32.0 Å². The number of aromatic nitrogens is 1. The van der Waals surface area contributed by atoms with Crippen molar-refractivity contribution in [3.8, 4) is 17.0 Å². The number of carbonyl (C=O) groups is 1. The van der Waals surface area contributed by atoms with Crippen molar-refractivity contribution in [2.75, 3.05) is 18.4 Å². The Morgan fingerprint density at radius 1 is 1.16 bits per heavy atom. The predicted molar refractivity (Wildman–Crippen MR) is 119 cm³/mol. The third-order valence-corrected chi connectivity index (χ3v) is 7.35. The number of benzene rings is 2. The van der Waals surface area contributed by atoms with Crippen LogP contribution in [-0.4, -0.2) is 43.3 Å². The van der Waals surface area contributed by atoms with Crippen molar-refractivity contribution in [2.24, 2.45) is 0 Å². The van der Waals surface area contributed by atoms with Crippen LogP contribution in [0.25, 0.3) is 11.3 Å². The van der Waals surface area contributed by atoms with Gasteiger partial charge in [0.25, 0.3) is 5.91 Å². The first-order valence-corrected chi connectivity index (χ1v) is 12.0. The van der Waals surface area contributed by atoms with Crippen LogP contribution in [0.5, 0.6) is 5.75 Å². The fourth-order valence-electron chi connectivity index (χ4n) is 3.01. The minimum atomic E-state index is -3.71. The number of alkyl halides is 2. The van der Waals surface area contributed by atoms with Crippen molar-refractivity contribution >= 4 is 32.4 Å². The summed E-state index contributed by atoms with van der Waals surface area (Å²) in [5.74, 6) is -0.570. The maximum Gasteiger partial charge on any atom is 0.387 e. The monoisotopic (exact) mass is 481 g/mol. The Bertz CT molecular complexity index is 1200. The van der Waals surface area contributed by atoms with Crippen molar-refractivity contribution < 1.29 is 26.7 Å².